The fourth-order valence-corrected chi connectivity index (χ4v) is 2.85. The lowest BCUT2D eigenvalue weighted by Gasteiger charge is -2.46. The monoisotopic (exact) mass is 270 g/mol. The molecule has 1 fully saturated rings. The Balaban J connectivity index is 3.37. The van der Waals surface area contributed by atoms with Crippen LogP contribution in [0.5, 0.6) is 0 Å². The van der Waals surface area contributed by atoms with Gasteiger partial charge < -0.3 is 14.9 Å². The Morgan fingerprint density at radius 1 is 1.21 bits per heavy atom. The Morgan fingerprint density at radius 3 is 2.21 bits per heavy atom. The van der Waals surface area contributed by atoms with Crippen LogP contribution >= 0.6 is 0 Å². The standard InChI is InChI=1S/C13H18O6/c1-3-9(14)19-13(11(17)18)8-6-5-7-12(13,4-2)10(15)16/h3H,1,4-8H2,2H3,(H,15,16)(H,17,18). The van der Waals surface area contributed by atoms with Gasteiger partial charge in [0.05, 0.1) is 0 Å². The van der Waals surface area contributed by atoms with Crippen molar-refractivity contribution in [1.82, 2.24) is 0 Å². The van der Waals surface area contributed by atoms with Gasteiger partial charge >= 0.3 is 17.9 Å². The second-order valence-corrected chi connectivity index (χ2v) is 4.71. The molecule has 1 aliphatic rings. The fourth-order valence-electron chi connectivity index (χ4n) is 2.85. The van der Waals surface area contributed by atoms with E-state index in [0.717, 1.165) is 6.08 Å². The van der Waals surface area contributed by atoms with Gasteiger partial charge in [-0.05, 0) is 25.7 Å². The molecule has 1 saturated carbocycles. The predicted octanol–water partition coefficient (Wildman–Crippen LogP) is 1.59. The summed E-state index contributed by atoms with van der Waals surface area (Å²) in [4.78, 5) is 34.7. The summed E-state index contributed by atoms with van der Waals surface area (Å²) in [6.45, 7) is 4.82. The third-order valence-electron chi connectivity index (χ3n) is 3.96. The van der Waals surface area contributed by atoms with Gasteiger partial charge in [-0.1, -0.05) is 19.9 Å². The lowest BCUT2D eigenvalue weighted by Crippen LogP contribution is -2.62. The second-order valence-electron chi connectivity index (χ2n) is 4.71. The smallest absolute Gasteiger partial charge is 0.349 e. The minimum Gasteiger partial charge on any atom is -0.481 e. The van der Waals surface area contributed by atoms with Gasteiger partial charge in [0.2, 0.25) is 5.60 Å². The van der Waals surface area contributed by atoms with Crippen molar-refractivity contribution in [1.29, 1.82) is 0 Å². The van der Waals surface area contributed by atoms with E-state index in [4.69, 9.17) is 4.74 Å². The molecule has 6 heteroatoms. The number of carboxylic acid groups (broad SMARTS) is 2. The van der Waals surface area contributed by atoms with Gasteiger partial charge in [-0.3, -0.25) is 4.79 Å². The molecule has 0 aromatic carbocycles. The Kier molecular flexibility index (Phi) is 4.34. The highest BCUT2D eigenvalue weighted by Gasteiger charge is 2.64. The van der Waals surface area contributed by atoms with Crippen molar-refractivity contribution in [2.24, 2.45) is 5.41 Å². The first kappa shape index (κ1) is 15.2. The zero-order valence-electron chi connectivity index (χ0n) is 10.8. The van der Waals surface area contributed by atoms with E-state index >= 15 is 0 Å². The number of carbonyl (C=O) groups is 3. The normalized spacial score (nSPS) is 30.4. The molecule has 0 spiro atoms. The van der Waals surface area contributed by atoms with Gasteiger partial charge in [0.1, 0.15) is 5.41 Å². The lowest BCUT2D eigenvalue weighted by atomic mass is 9.61. The van der Waals surface area contributed by atoms with Gasteiger partial charge in [-0.2, -0.15) is 0 Å². The summed E-state index contributed by atoms with van der Waals surface area (Å²) in [5.74, 6) is -3.57. The third-order valence-corrected chi connectivity index (χ3v) is 3.96. The van der Waals surface area contributed by atoms with Crippen LogP contribution in [0.2, 0.25) is 0 Å². The number of carbonyl (C=O) groups excluding carboxylic acids is 1. The zero-order chi connectivity index (χ0) is 14.7. The molecule has 1 aliphatic carbocycles. The fraction of sp³-hybridized carbons (Fsp3) is 0.615. The van der Waals surface area contributed by atoms with Crippen molar-refractivity contribution in [2.45, 2.75) is 44.6 Å². The molecule has 2 unspecified atom stereocenters. The maximum atomic E-state index is 11.6. The van der Waals surface area contributed by atoms with Gasteiger partial charge in [-0.25, -0.2) is 9.59 Å². The number of carboxylic acids is 2. The molecule has 0 heterocycles. The average molecular weight is 270 g/mol. The summed E-state index contributed by atoms with van der Waals surface area (Å²) in [6.07, 6.45) is 2.21. The molecule has 6 nitrogen and oxygen atoms in total. The van der Waals surface area contributed by atoms with Gasteiger partial charge in [0.15, 0.2) is 0 Å². The first-order chi connectivity index (χ1) is 8.86. The van der Waals surface area contributed by atoms with E-state index < -0.39 is 28.9 Å². The molecular formula is C13H18O6. The van der Waals surface area contributed by atoms with Crippen molar-refractivity contribution in [2.75, 3.05) is 0 Å². The first-order valence-electron chi connectivity index (χ1n) is 6.18. The van der Waals surface area contributed by atoms with Crippen molar-refractivity contribution >= 4 is 17.9 Å². The van der Waals surface area contributed by atoms with Gasteiger partial charge in [0.25, 0.3) is 0 Å². The second kappa shape index (κ2) is 5.42. The van der Waals surface area contributed by atoms with E-state index in [0.29, 0.717) is 12.8 Å². The Morgan fingerprint density at radius 2 is 1.79 bits per heavy atom. The molecule has 0 saturated heterocycles. The van der Waals surface area contributed by atoms with Gasteiger partial charge in [0, 0.05) is 6.08 Å². The highest BCUT2D eigenvalue weighted by molar-refractivity contribution is 5.93. The lowest BCUT2D eigenvalue weighted by molar-refractivity contribution is -0.209. The molecule has 0 aliphatic heterocycles. The Labute approximate surface area is 111 Å². The summed E-state index contributed by atoms with van der Waals surface area (Å²) in [5, 5.41) is 19.0. The van der Waals surface area contributed by atoms with Crippen LogP contribution in [0, 0.1) is 5.41 Å². The van der Waals surface area contributed by atoms with Crippen LogP contribution in [0.15, 0.2) is 12.7 Å². The summed E-state index contributed by atoms with van der Waals surface area (Å²) in [7, 11) is 0. The highest BCUT2D eigenvalue weighted by atomic mass is 16.6. The minimum absolute atomic E-state index is 0.00204. The summed E-state index contributed by atoms with van der Waals surface area (Å²) >= 11 is 0. The van der Waals surface area contributed by atoms with Crippen LogP contribution in [0.1, 0.15) is 39.0 Å². The van der Waals surface area contributed by atoms with E-state index in [2.05, 4.69) is 6.58 Å². The van der Waals surface area contributed by atoms with E-state index in [1.54, 1.807) is 6.92 Å². The largest absolute Gasteiger partial charge is 0.481 e. The van der Waals surface area contributed by atoms with Crippen LogP contribution in [-0.2, 0) is 19.1 Å². The van der Waals surface area contributed by atoms with E-state index in [1.165, 1.54) is 0 Å². The topological polar surface area (TPSA) is 101 Å². The molecule has 0 aromatic rings. The Bertz CT molecular complexity index is 415. The average Bonchev–Trinajstić information content (AvgIpc) is 2.38. The molecule has 0 aromatic heterocycles. The molecule has 106 valence electrons. The summed E-state index contributed by atoms with van der Waals surface area (Å²) in [6, 6.07) is 0. The highest BCUT2D eigenvalue weighted by Crippen LogP contribution is 2.49. The molecule has 2 N–H and O–H groups in total. The van der Waals surface area contributed by atoms with Crippen LogP contribution < -0.4 is 0 Å². The molecule has 1 rings (SSSR count). The van der Waals surface area contributed by atoms with Crippen molar-refractivity contribution in [3.05, 3.63) is 12.7 Å². The number of ether oxygens (including phenoxy) is 1. The summed E-state index contributed by atoms with van der Waals surface area (Å²) < 4.78 is 5.02. The maximum Gasteiger partial charge on any atom is 0.349 e. The zero-order valence-corrected chi connectivity index (χ0v) is 10.8. The quantitative estimate of drug-likeness (QED) is 0.581. The Hall–Kier alpha value is -1.85. The molecular weight excluding hydrogens is 252 g/mol. The third kappa shape index (κ3) is 2.22. The SMILES string of the molecule is C=CC(=O)OC1(C(=O)O)CCCCC1(CC)C(=O)O. The minimum atomic E-state index is -2.02. The molecule has 0 amide bonds. The number of hydrogen-bond acceptors (Lipinski definition) is 4. The molecule has 0 bridgehead atoms. The number of esters is 1. The van der Waals surface area contributed by atoms with Crippen LogP contribution in [0.4, 0.5) is 0 Å². The number of hydrogen-bond donors (Lipinski definition) is 2. The predicted molar refractivity (Wildman–Crippen MR) is 65.5 cm³/mol. The van der Waals surface area contributed by atoms with Crippen molar-refractivity contribution in [3.63, 3.8) is 0 Å². The van der Waals surface area contributed by atoms with Gasteiger partial charge in [-0.15, -0.1) is 0 Å². The molecule has 2 atom stereocenters. The number of aliphatic carboxylic acids is 2. The van der Waals surface area contributed by atoms with Crippen LogP contribution in [0.3, 0.4) is 0 Å². The molecule has 0 radical (unpaired) electrons. The van der Waals surface area contributed by atoms with Crippen LogP contribution in [0.25, 0.3) is 0 Å². The van der Waals surface area contributed by atoms with E-state index in [1.807, 2.05) is 0 Å². The van der Waals surface area contributed by atoms with E-state index in [9.17, 15) is 24.6 Å². The molecule has 19 heavy (non-hydrogen) atoms. The summed E-state index contributed by atoms with van der Waals surface area (Å²) in [5.41, 5.74) is -3.60. The first-order valence-corrected chi connectivity index (χ1v) is 6.18. The van der Waals surface area contributed by atoms with E-state index in [-0.39, 0.29) is 19.3 Å². The number of rotatable bonds is 5. The van der Waals surface area contributed by atoms with Crippen LogP contribution in [-0.4, -0.2) is 33.7 Å². The maximum absolute atomic E-state index is 11.6. The van der Waals surface area contributed by atoms with Crippen molar-refractivity contribution in [3.8, 4) is 0 Å². The van der Waals surface area contributed by atoms with Crippen molar-refractivity contribution < 1.29 is 29.3 Å².